The van der Waals surface area contributed by atoms with Crippen molar-refractivity contribution in [2.45, 2.75) is 33.6 Å². The number of ether oxygens (including phenoxy) is 1. The largest absolute Gasteiger partial charge is 0.450 e. The molecule has 0 saturated carbocycles. The molecule has 0 fully saturated rings. The molecule has 0 unspecified atom stereocenters. The molecule has 1 aromatic heterocycles. The lowest BCUT2D eigenvalue weighted by Gasteiger charge is -1.97. The SMILES string of the molecule is CCC(=O)Nc1ccnnn1.CCC(N)=O.CCOC(N)=O. The van der Waals surface area contributed by atoms with Crippen LogP contribution in [0.5, 0.6) is 0 Å². The van der Waals surface area contributed by atoms with Crippen LogP contribution in [0.1, 0.15) is 33.6 Å². The number of carbonyl (C=O) groups excluding carboxylic acids is 3. The minimum atomic E-state index is -0.711. The van der Waals surface area contributed by atoms with E-state index in [-0.39, 0.29) is 11.8 Å². The normalized spacial score (nSPS) is 8.32. The third kappa shape index (κ3) is 17.2. The van der Waals surface area contributed by atoms with E-state index in [1.807, 2.05) is 0 Å². The van der Waals surface area contributed by atoms with Crippen molar-refractivity contribution < 1.29 is 19.1 Å². The molecule has 1 rings (SSSR count). The molecule has 3 amide bonds. The average Bonchev–Trinajstić information content (AvgIpc) is 2.49. The van der Waals surface area contributed by atoms with Gasteiger partial charge in [0.15, 0.2) is 5.82 Å². The molecule has 1 aromatic rings. The van der Waals surface area contributed by atoms with E-state index in [1.165, 1.54) is 6.20 Å². The van der Waals surface area contributed by atoms with Crippen LogP contribution in [0.2, 0.25) is 0 Å². The molecule has 0 bridgehead atoms. The minimum Gasteiger partial charge on any atom is -0.450 e. The van der Waals surface area contributed by atoms with Crippen LogP contribution in [0.15, 0.2) is 12.3 Å². The van der Waals surface area contributed by atoms with Crippen molar-refractivity contribution in [1.29, 1.82) is 0 Å². The number of aromatic nitrogens is 3. The van der Waals surface area contributed by atoms with Gasteiger partial charge in [-0.05, 0) is 12.1 Å². The molecular formula is C12H22N6O4. The summed E-state index contributed by atoms with van der Waals surface area (Å²) >= 11 is 0. The van der Waals surface area contributed by atoms with Gasteiger partial charge in [-0.25, -0.2) is 4.79 Å². The first-order valence-electron chi connectivity index (χ1n) is 6.51. The summed E-state index contributed by atoms with van der Waals surface area (Å²) in [6, 6.07) is 1.58. The minimum absolute atomic E-state index is 0.0782. The fourth-order valence-corrected chi connectivity index (χ4v) is 0.681. The molecule has 0 radical (unpaired) electrons. The Hall–Kier alpha value is -2.78. The van der Waals surface area contributed by atoms with Crippen molar-refractivity contribution in [3.8, 4) is 0 Å². The maximum Gasteiger partial charge on any atom is 0.404 e. The van der Waals surface area contributed by atoms with E-state index in [2.05, 4.69) is 36.9 Å². The molecule has 10 heteroatoms. The van der Waals surface area contributed by atoms with Gasteiger partial charge in [0.05, 0.1) is 12.8 Å². The molecule has 0 aliphatic heterocycles. The molecular weight excluding hydrogens is 292 g/mol. The number of carbonyl (C=O) groups is 3. The highest BCUT2D eigenvalue weighted by Crippen LogP contribution is 1.96. The Morgan fingerprint density at radius 1 is 1.18 bits per heavy atom. The van der Waals surface area contributed by atoms with Crippen molar-refractivity contribution in [3.63, 3.8) is 0 Å². The van der Waals surface area contributed by atoms with Crippen molar-refractivity contribution in [3.05, 3.63) is 12.3 Å². The Balaban J connectivity index is 0. The van der Waals surface area contributed by atoms with E-state index >= 15 is 0 Å². The second-order valence-corrected chi connectivity index (χ2v) is 3.48. The summed E-state index contributed by atoms with van der Waals surface area (Å²) in [5.74, 6) is 0.113. The first kappa shape index (κ1) is 21.5. The zero-order valence-corrected chi connectivity index (χ0v) is 12.9. The summed E-state index contributed by atoms with van der Waals surface area (Å²) in [4.78, 5) is 30.0. The Morgan fingerprint density at radius 2 is 1.77 bits per heavy atom. The van der Waals surface area contributed by atoms with E-state index < -0.39 is 6.09 Å². The van der Waals surface area contributed by atoms with Gasteiger partial charge in [0.25, 0.3) is 0 Å². The fraction of sp³-hybridized carbons (Fsp3) is 0.500. The third-order valence-corrected chi connectivity index (χ3v) is 1.73. The molecule has 22 heavy (non-hydrogen) atoms. The van der Waals surface area contributed by atoms with Crippen LogP contribution in [0, 0.1) is 0 Å². The second kappa shape index (κ2) is 14.6. The predicted molar refractivity (Wildman–Crippen MR) is 79.4 cm³/mol. The second-order valence-electron chi connectivity index (χ2n) is 3.48. The van der Waals surface area contributed by atoms with E-state index in [4.69, 9.17) is 0 Å². The van der Waals surface area contributed by atoms with Crippen molar-refractivity contribution >= 4 is 23.7 Å². The van der Waals surface area contributed by atoms with Crippen LogP contribution in [0.4, 0.5) is 10.6 Å². The first-order chi connectivity index (χ1) is 10.4. The lowest BCUT2D eigenvalue weighted by atomic mass is 10.4. The standard InChI is InChI=1S/C6H8N4O.C3H7NO2.C3H7NO/c1-2-6(11)8-5-3-4-7-10-9-5;1-2-6-3(4)5;1-2-3(4)5/h3-4H,2H2,1H3,(H,7,8,9,11);2H2,1H3,(H2,4,5);2H2,1H3,(H2,4,5). The Bertz CT molecular complexity index is 441. The summed E-state index contributed by atoms with van der Waals surface area (Å²) in [5.41, 5.74) is 9.19. The lowest BCUT2D eigenvalue weighted by molar-refractivity contribution is -0.118. The average molecular weight is 314 g/mol. The van der Waals surface area contributed by atoms with Crippen molar-refractivity contribution in [1.82, 2.24) is 15.4 Å². The Morgan fingerprint density at radius 3 is 2.05 bits per heavy atom. The molecule has 0 aliphatic rings. The van der Waals surface area contributed by atoms with Crippen LogP contribution < -0.4 is 16.8 Å². The molecule has 0 atom stereocenters. The molecule has 124 valence electrons. The highest BCUT2D eigenvalue weighted by Gasteiger charge is 1.97. The third-order valence-electron chi connectivity index (χ3n) is 1.73. The zero-order chi connectivity index (χ0) is 17.4. The topological polar surface area (TPSA) is 163 Å². The number of primary amides is 2. The Kier molecular flexibility index (Phi) is 14.3. The maximum atomic E-state index is 10.8. The number of amides is 3. The lowest BCUT2D eigenvalue weighted by Crippen LogP contribution is -2.11. The molecule has 0 saturated heterocycles. The summed E-state index contributed by atoms with van der Waals surface area (Å²) in [5, 5.41) is 12.9. The number of anilines is 1. The number of rotatable bonds is 4. The number of nitrogens with two attached hydrogens (primary N) is 2. The highest BCUT2D eigenvalue weighted by molar-refractivity contribution is 5.89. The van der Waals surface area contributed by atoms with Gasteiger partial charge in [0, 0.05) is 18.9 Å². The van der Waals surface area contributed by atoms with E-state index in [9.17, 15) is 14.4 Å². The molecule has 0 aromatic carbocycles. The van der Waals surface area contributed by atoms with E-state index in [1.54, 1.807) is 26.8 Å². The number of nitrogens with one attached hydrogen (secondary N) is 1. The van der Waals surface area contributed by atoms with Gasteiger partial charge in [-0.3, -0.25) is 9.59 Å². The van der Waals surface area contributed by atoms with E-state index in [0.29, 0.717) is 25.3 Å². The number of nitrogens with zero attached hydrogens (tertiary/aromatic N) is 3. The van der Waals surface area contributed by atoms with Crippen molar-refractivity contribution in [2.24, 2.45) is 11.5 Å². The van der Waals surface area contributed by atoms with Gasteiger partial charge in [0.2, 0.25) is 11.8 Å². The summed E-state index contributed by atoms with van der Waals surface area (Å²) < 4.78 is 4.18. The van der Waals surface area contributed by atoms with Crippen LogP contribution in [-0.2, 0) is 14.3 Å². The van der Waals surface area contributed by atoms with Gasteiger partial charge in [0.1, 0.15) is 0 Å². The van der Waals surface area contributed by atoms with Gasteiger partial charge in [-0.1, -0.05) is 13.8 Å². The number of hydrogen-bond donors (Lipinski definition) is 3. The molecule has 1 heterocycles. The maximum absolute atomic E-state index is 10.8. The smallest absolute Gasteiger partial charge is 0.404 e. The fourth-order valence-electron chi connectivity index (χ4n) is 0.681. The summed E-state index contributed by atoms with van der Waals surface area (Å²) in [7, 11) is 0. The highest BCUT2D eigenvalue weighted by atomic mass is 16.5. The Labute approximate surface area is 128 Å². The quantitative estimate of drug-likeness (QED) is 0.714. The monoisotopic (exact) mass is 314 g/mol. The first-order valence-corrected chi connectivity index (χ1v) is 6.51. The van der Waals surface area contributed by atoms with Crippen LogP contribution >= 0.6 is 0 Å². The van der Waals surface area contributed by atoms with Gasteiger partial charge in [-0.15, -0.1) is 10.2 Å². The molecule has 5 N–H and O–H groups in total. The zero-order valence-electron chi connectivity index (χ0n) is 12.9. The molecule has 0 spiro atoms. The summed E-state index contributed by atoms with van der Waals surface area (Å²) in [6.45, 7) is 5.55. The van der Waals surface area contributed by atoms with Crippen LogP contribution in [-0.4, -0.2) is 39.9 Å². The summed E-state index contributed by atoms with van der Waals surface area (Å²) in [6.07, 6.45) is 1.64. The van der Waals surface area contributed by atoms with Gasteiger partial charge in [-0.2, -0.15) is 0 Å². The van der Waals surface area contributed by atoms with E-state index in [0.717, 1.165) is 0 Å². The predicted octanol–water partition coefficient (Wildman–Crippen LogP) is 0.203. The van der Waals surface area contributed by atoms with Gasteiger partial charge < -0.3 is 21.5 Å². The molecule has 10 nitrogen and oxygen atoms in total. The molecule has 0 aliphatic carbocycles. The van der Waals surface area contributed by atoms with Crippen LogP contribution in [0.25, 0.3) is 0 Å². The van der Waals surface area contributed by atoms with Crippen LogP contribution in [0.3, 0.4) is 0 Å². The number of hydrogen-bond acceptors (Lipinski definition) is 7. The van der Waals surface area contributed by atoms with Gasteiger partial charge >= 0.3 is 6.09 Å². The van der Waals surface area contributed by atoms with Crippen molar-refractivity contribution in [2.75, 3.05) is 11.9 Å².